The second-order valence-electron chi connectivity index (χ2n) is 5.57. The highest BCUT2D eigenvalue weighted by Gasteiger charge is 2.30. The van der Waals surface area contributed by atoms with Gasteiger partial charge in [0.25, 0.3) is 0 Å². The van der Waals surface area contributed by atoms with Crippen LogP contribution in [-0.4, -0.2) is 29.6 Å². The molecule has 0 aromatic heterocycles. The molecule has 1 heterocycles. The van der Waals surface area contributed by atoms with Gasteiger partial charge in [-0.2, -0.15) is 0 Å². The molecule has 0 aliphatic carbocycles. The molecule has 0 amide bonds. The topological polar surface area (TPSA) is 23.5 Å². The van der Waals surface area contributed by atoms with Gasteiger partial charge in [-0.25, -0.2) is 0 Å². The van der Waals surface area contributed by atoms with Crippen molar-refractivity contribution in [3.8, 4) is 11.8 Å². The Balaban J connectivity index is 0.00000200. The molecule has 1 aromatic rings. The molecule has 110 valence electrons. The third-order valence-electron chi connectivity index (χ3n) is 3.83. The van der Waals surface area contributed by atoms with E-state index in [1.807, 2.05) is 44.2 Å². The monoisotopic (exact) mass is 293 g/mol. The third kappa shape index (κ3) is 3.99. The Bertz CT molecular complexity index is 457. The number of hydrogen-bond donors (Lipinski definition) is 1. The van der Waals surface area contributed by atoms with Gasteiger partial charge in [0.1, 0.15) is 0 Å². The normalized spacial score (nSPS) is 18.0. The van der Waals surface area contributed by atoms with E-state index in [0.717, 1.165) is 25.2 Å². The molecule has 1 fully saturated rings. The van der Waals surface area contributed by atoms with Gasteiger partial charge >= 0.3 is 0 Å². The van der Waals surface area contributed by atoms with E-state index in [2.05, 4.69) is 16.7 Å². The summed E-state index contributed by atoms with van der Waals surface area (Å²) in [4.78, 5) is 2.35. The van der Waals surface area contributed by atoms with E-state index >= 15 is 0 Å². The second-order valence-corrected chi connectivity index (χ2v) is 5.57. The number of aliphatic hydroxyl groups is 1. The highest BCUT2D eigenvalue weighted by molar-refractivity contribution is 5.85. The molecule has 1 aliphatic rings. The Morgan fingerprint density at radius 1 is 1.20 bits per heavy atom. The van der Waals surface area contributed by atoms with Gasteiger partial charge in [0.05, 0.1) is 6.54 Å². The van der Waals surface area contributed by atoms with Crippen LogP contribution in [0, 0.1) is 17.8 Å². The maximum atomic E-state index is 10.8. The minimum absolute atomic E-state index is 0. The number of hydrogen-bond acceptors (Lipinski definition) is 2. The molecule has 0 saturated carbocycles. The van der Waals surface area contributed by atoms with Crippen molar-refractivity contribution in [2.75, 3.05) is 19.6 Å². The van der Waals surface area contributed by atoms with Crippen molar-refractivity contribution in [1.29, 1.82) is 0 Å². The predicted octanol–water partition coefficient (Wildman–Crippen LogP) is 3.05. The molecule has 1 aromatic carbocycles. The van der Waals surface area contributed by atoms with Crippen LogP contribution in [0.4, 0.5) is 0 Å². The SMILES string of the molecule is CC(C)C(O)(C#CCN1CCCC1)c1ccccc1.Cl. The standard InChI is InChI=1S/C17H23NO.ClH/c1-15(2)17(19,16-9-4-3-5-10-16)11-8-14-18-12-6-7-13-18;/h3-5,9-10,15,19H,6-7,12-14H2,1-2H3;1H. The summed E-state index contributed by atoms with van der Waals surface area (Å²) < 4.78 is 0. The van der Waals surface area contributed by atoms with E-state index in [9.17, 15) is 5.11 Å². The van der Waals surface area contributed by atoms with Gasteiger partial charge in [0.15, 0.2) is 5.60 Å². The number of rotatable bonds is 3. The lowest BCUT2D eigenvalue weighted by atomic mass is 9.84. The molecule has 1 unspecified atom stereocenters. The van der Waals surface area contributed by atoms with Crippen molar-refractivity contribution in [2.45, 2.75) is 32.3 Å². The fourth-order valence-corrected chi connectivity index (χ4v) is 2.47. The van der Waals surface area contributed by atoms with Crippen molar-refractivity contribution in [2.24, 2.45) is 5.92 Å². The highest BCUT2D eigenvalue weighted by atomic mass is 35.5. The van der Waals surface area contributed by atoms with E-state index in [0.29, 0.717) is 0 Å². The third-order valence-corrected chi connectivity index (χ3v) is 3.83. The Hall–Kier alpha value is -1.01. The Morgan fingerprint density at radius 3 is 2.35 bits per heavy atom. The summed E-state index contributed by atoms with van der Waals surface area (Å²) in [7, 11) is 0. The van der Waals surface area contributed by atoms with Gasteiger partial charge < -0.3 is 5.11 Å². The molecule has 1 aliphatic heterocycles. The van der Waals surface area contributed by atoms with E-state index < -0.39 is 5.60 Å². The van der Waals surface area contributed by atoms with Gasteiger partial charge in [0, 0.05) is 0 Å². The van der Waals surface area contributed by atoms with Crippen molar-refractivity contribution >= 4 is 12.4 Å². The summed E-state index contributed by atoms with van der Waals surface area (Å²) in [6.07, 6.45) is 2.55. The molecule has 2 nitrogen and oxygen atoms in total. The quantitative estimate of drug-likeness (QED) is 0.866. The van der Waals surface area contributed by atoms with Crippen LogP contribution in [0.5, 0.6) is 0 Å². The van der Waals surface area contributed by atoms with Crippen LogP contribution in [0.3, 0.4) is 0 Å². The summed E-state index contributed by atoms with van der Waals surface area (Å²) in [6.45, 7) is 7.07. The molecule has 0 radical (unpaired) electrons. The summed E-state index contributed by atoms with van der Waals surface area (Å²) in [5.74, 6) is 6.35. The number of nitrogens with zero attached hydrogens (tertiary/aromatic N) is 1. The Morgan fingerprint density at radius 2 is 1.80 bits per heavy atom. The average Bonchev–Trinajstić information content (AvgIpc) is 2.92. The minimum atomic E-state index is -1.04. The highest BCUT2D eigenvalue weighted by Crippen LogP contribution is 2.28. The van der Waals surface area contributed by atoms with Crippen molar-refractivity contribution in [1.82, 2.24) is 4.90 Å². The van der Waals surface area contributed by atoms with E-state index in [4.69, 9.17) is 0 Å². The first-order valence-corrected chi connectivity index (χ1v) is 7.13. The minimum Gasteiger partial charge on any atom is -0.373 e. The van der Waals surface area contributed by atoms with Crippen LogP contribution in [0.25, 0.3) is 0 Å². The molecule has 0 spiro atoms. The van der Waals surface area contributed by atoms with Gasteiger partial charge in [-0.15, -0.1) is 12.4 Å². The number of likely N-dealkylation sites (tertiary alicyclic amines) is 1. The second kappa shape index (κ2) is 7.69. The molecule has 2 rings (SSSR count). The van der Waals surface area contributed by atoms with Crippen LogP contribution in [0.15, 0.2) is 30.3 Å². The van der Waals surface area contributed by atoms with Crippen LogP contribution in [0.1, 0.15) is 32.3 Å². The predicted molar refractivity (Wildman–Crippen MR) is 85.9 cm³/mol. The van der Waals surface area contributed by atoms with Crippen molar-refractivity contribution in [3.05, 3.63) is 35.9 Å². The molecule has 20 heavy (non-hydrogen) atoms. The summed E-state index contributed by atoms with van der Waals surface area (Å²) in [5.41, 5.74) is -0.153. The fourth-order valence-electron chi connectivity index (χ4n) is 2.47. The molecule has 1 N–H and O–H groups in total. The van der Waals surface area contributed by atoms with E-state index in [1.54, 1.807) is 0 Å². The van der Waals surface area contributed by atoms with E-state index in [-0.39, 0.29) is 18.3 Å². The maximum Gasteiger partial charge on any atom is 0.153 e. The number of benzene rings is 1. The zero-order valence-electron chi connectivity index (χ0n) is 12.3. The molecule has 0 bridgehead atoms. The van der Waals surface area contributed by atoms with Crippen LogP contribution in [0.2, 0.25) is 0 Å². The molecule has 1 atom stereocenters. The van der Waals surface area contributed by atoms with Gasteiger partial charge in [-0.3, -0.25) is 4.90 Å². The first-order chi connectivity index (χ1) is 9.13. The summed E-state index contributed by atoms with van der Waals surface area (Å²) in [5, 5.41) is 10.8. The number of halogens is 1. The maximum absolute atomic E-state index is 10.8. The molecular formula is C17H24ClNO. The van der Waals surface area contributed by atoms with Gasteiger partial charge in [-0.1, -0.05) is 56.0 Å². The Kier molecular flexibility index (Phi) is 6.55. The molecular weight excluding hydrogens is 270 g/mol. The largest absolute Gasteiger partial charge is 0.373 e. The lowest BCUT2D eigenvalue weighted by Crippen LogP contribution is -2.30. The van der Waals surface area contributed by atoms with Crippen LogP contribution < -0.4 is 0 Å². The zero-order chi connectivity index (χ0) is 13.7. The zero-order valence-corrected chi connectivity index (χ0v) is 13.1. The van der Waals surface area contributed by atoms with Gasteiger partial charge in [0.2, 0.25) is 0 Å². The fraction of sp³-hybridized carbons (Fsp3) is 0.529. The first-order valence-electron chi connectivity index (χ1n) is 7.13. The lowest BCUT2D eigenvalue weighted by Gasteiger charge is -2.27. The smallest absolute Gasteiger partial charge is 0.153 e. The Labute approximate surface area is 128 Å². The van der Waals surface area contributed by atoms with Gasteiger partial charge in [-0.05, 0) is 37.4 Å². The van der Waals surface area contributed by atoms with Crippen LogP contribution >= 0.6 is 12.4 Å². The molecule has 3 heteroatoms. The lowest BCUT2D eigenvalue weighted by molar-refractivity contribution is 0.0502. The van der Waals surface area contributed by atoms with Crippen molar-refractivity contribution in [3.63, 3.8) is 0 Å². The van der Waals surface area contributed by atoms with Crippen LogP contribution in [-0.2, 0) is 5.60 Å². The van der Waals surface area contributed by atoms with E-state index in [1.165, 1.54) is 12.8 Å². The summed E-state index contributed by atoms with van der Waals surface area (Å²) in [6, 6.07) is 9.76. The average molecular weight is 294 g/mol. The summed E-state index contributed by atoms with van der Waals surface area (Å²) >= 11 is 0. The first kappa shape index (κ1) is 17.0. The van der Waals surface area contributed by atoms with Crippen molar-refractivity contribution < 1.29 is 5.11 Å². The molecule has 1 saturated heterocycles.